The molecule has 0 spiro atoms. The van der Waals surface area contributed by atoms with Gasteiger partial charge >= 0.3 is 0 Å². The number of anilines is 1. The minimum atomic E-state index is -0.592. The maximum Gasteiger partial charge on any atom is 0.250 e. The Hall–Kier alpha value is -2.66. The number of rotatable bonds is 5. The van der Waals surface area contributed by atoms with Crippen molar-refractivity contribution in [3.63, 3.8) is 0 Å². The number of hydrogen-bond donors (Lipinski definition) is 1. The van der Waals surface area contributed by atoms with Crippen LogP contribution in [0.4, 0.5) is 5.69 Å². The molecule has 2 rings (SSSR count). The second-order valence-corrected chi connectivity index (χ2v) is 5.02. The lowest BCUT2D eigenvalue weighted by atomic mass is 9.98. The van der Waals surface area contributed by atoms with Crippen molar-refractivity contribution in [2.24, 2.45) is 0 Å². The summed E-state index contributed by atoms with van der Waals surface area (Å²) in [6.07, 6.45) is 1.93. The number of carbonyl (C=O) groups excluding carboxylic acids is 1. The van der Waals surface area contributed by atoms with Crippen LogP contribution >= 0.6 is 11.6 Å². The van der Waals surface area contributed by atoms with Crippen molar-refractivity contribution in [2.45, 2.75) is 6.92 Å². The minimum absolute atomic E-state index is 0.197. The summed E-state index contributed by atoms with van der Waals surface area (Å²) in [7, 11) is 0. The molecule has 0 saturated heterocycles. The first kappa shape index (κ1) is 15.7. The monoisotopic (exact) mass is 316 g/mol. The number of aryl methyl sites for hydroxylation is 1. The van der Waals surface area contributed by atoms with Crippen LogP contribution < -0.4 is 5.32 Å². The fraction of sp³-hybridized carbons (Fsp3) is 0.0625. The molecular formula is C16H13ClN2O3. The first-order chi connectivity index (χ1) is 10.5. The van der Waals surface area contributed by atoms with Gasteiger partial charge in [-0.15, -0.1) is 0 Å². The third-order valence-corrected chi connectivity index (χ3v) is 3.29. The van der Waals surface area contributed by atoms with Gasteiger partial charge in [-0.1, -0.05) is 35.9 Å². The van der Waals surface area contributed by atoms with Gasteiger partial charge in [0.2, 0.25) is 6.20 Å². The van der Waals surface area contributed by atoms with Gasteiger partial charge in [-0.3, -0.25) is 14.9 Å². The van der Waals surface area contributed by atoms with Crippen LogP contribution in [-0.2, 0) is 0 Å². The Bertz CT molecular complexity index is 757. The summed E-state index contributed by atoms with van der Waals surface area (Å²) < 4.78 is 0. The van der Waals surface area contributed by atoms with E-state index in [2.05, 4.69) is 5.32 Å². The predicted molar refractivity (Wildman–Crippen MR) is 85.8 cm³/mol. The second-order valence-electron chi connectivity index (χ2n) is 4.58. The fourth-order valence-corrected chi connectivity index (χ4v) is 2.16. The maximum atomic E-state index is 12.7. The molecule has 0 unspecified atom stereocenters. The zero-order chi connectivity index (χ0) is 16.1. The molecule has 0 aliphatic carbocycles. The number of hydrogen-bond acceptors (Lipinski definition) is 4. The van der Waals surface area contributed by atoms with Gasteiger partial charge in [0.25, 0.3) is 0 Å². The maximum absolute atomic E-state index is 12.7. The van der Waals surface area contributed by atoms with E-state index in [9.17, 15) is 14.9 Å². The lowest BCUT2D eigenvalue weighted by Crippen LogP contribution is -2.07. The number of nitrogens with one attached hydrogen (secondary N) is 1. The molecule has 0 bridgehead atoms. The topological polar surface area (TPSA) is 72.2 Å². The largest absolute Gasteiger partial charge is 0.356 e. The van der Waals surface area contributed by atoms with Gasteiger partial charge in [0, 0.05) is 21.8 Å². The lowest BCUT2D eigenvalue weighted by Gasteiger charge is -2.10. The minimum Gasteiger partial charge on any atom is -0.356 e. The molecule has 0 fully saturated rings. The highest BCUT2D eigenvalue weighted by atomic mass is 35.5. The molecule has 5 nitrogen and oxygen atoms in total. The zero-order valence-corrected chi connectivity index (χ0v) is 12.5. The lowest BCUT2D eigenvalue weighted by molar-refractivity contribution is -0.402. The highest BCUT2D eigenvalue weighted by Crippen LogP contribution is 2.24. The molecule has 0 saturated carbocycles. The fourth-order valence-electron chi connectivity index (χ4n) is 1.99. The molecule has 2 aromatic carbocycles. The van der Waals surface area contributed by atoms with Gasteiger partial charge in [0.15, 0.2) is 5.78 Å². The first-order valence-electron chi connectivity index (χ1n) is 6.45. The van der Waals surface area contributed by atoms with Crippen LogP contribution in [0.1, 0.15) is 21.5 Å². The molecule has 0 aliphatic heterocycles. The van der Waals surface area contributed by atoms with Crippen molar-refractivity contribution >= 4 is 23.1 Å². The molecule has 1 N–H and O–H groups in total. The van der Waals surface area contributed by atoms with Crippen LogP contribution in [-0.4, -0.2) is 10.7 Å². The average molecular weight is 317 g/mol. The molecule has 0 atom stereocenters. The SMILES string of the molecule is Cc1ccccc1C(=O)c1cc(Cl)ccc1NC=C[N+](=O)[O-]. The third kappa shape index (κ3) is 3.71. The number of benzene rings is 2. The van der Waals surface area contributed by atoms with Crippen molar-refractivity contribution in [1.82, 2.24) is 0 Å². The summed E-state index contributed by atoms with van der Waals surface area (Å²) in [6.45, 7) is 1.84. The molecule has 0 aromatic heterocycles. The van der Waals surface area contributed by atoms with Crippen LogP contribution in [0.2, 0.25) is 5.02 Å². The Kier molecular flexibility index (Phi) is 4.91. The summed E-state index contributed by atoms with van der Waals surface area (Å²) in [5, 5.41) is 13.5. The molecule has 6 heteroatoms. The van der Waals surface area contributed by atoms with E-state index in [-0.39, 0.29) is 5.78 Å². The second kappa shape index (κ2) is 6.87. The van der Waals surface area contributed by atoms with Crippen LogP contribution in [0.15, 0.2) is 54.9 Å². The summed E-state index contributed by atoms with van der Waals surface area (Å²) in [5.41, 5.74) is 2.22. The van der Waals surface area contributed by atoms with E-state index in [4.69, 9.17) is 11.6 Å². The summed E-state index contributed by atoms with van der Waals surface area (Å²) >= 11 is 5.97. The number of nitrogens with zero attached hydrogens (tertiary/aromatic N) is 1. The molecule has 0 aliphatic rings. The van der Waals surface area contributed by atoms with E-state index in [1.807, 2.05) is 19.1 Å². The number of carbonyl (C=O) groups is 1. The average Bonchev–Trinajstić information content (AvgIpc) is 2.48. The van der Waals surface area contributed by atoms with Crippen molar-refractivity contribution in [2.75, 3.05) is 5.32 Å². The predicted octanol–water partition coefficient (Wildman–Crippen LogP) is 4.04. The molecule has 112 valence electrons. The smallest absolute Gasteiger partial charge is 0.250 e. The molecule has 22 heavy (non-hydrogen) atoms. The molecular weight excluding hydrogens is 304 g/mol. The van der Waals surface area contributed by atoms with Gasteiger partial charge in [-0.2, -0.15) is 0 Å². The van der Waals surface area contributed by atoms with Crippen LogP contribution in [0.5, 0.6) is 0 Å². The van der Waals surface area contributed by atoms with E-state index in [1.165, 1.54) is 0 Å². The number of halogens is 1. The van der Waals surface area contributed by atoms with Gasteiger partial charge in [0.1, 0.15) is 0 Å². The number of ketones is 1. The van der Waals surface area contributed by atoms with E-state index in [0.717, 1.165) is 18.0 Å². The highest BCUT2D eigenvalue weighted by Gasteiger charge is 2.15. The van der Waals surface area contributed by atoms with Gasteiger partial charge < -0.3 is 5.32 Å². The van der Waals surface area contributed by atoms with Crippen molar-refractivity contribution in [3.05, 3.63) is 86.7 Å². The molecule has 2 aromatic rings. The normalized spacial score (nSPS) is 10.6. The van der Waals surface area contributed by atoms with Crippen LogP contribution in [0.25, 0.3) is 0 Å². The van der Waals surface area contributed by atoms with Crippen molar-refractivity contribution in [3.8, 4) is 0 Å². The Balaban J connectivity index is 2.41. The Morgan fingerprint density at radius 3 is 2.64 bits per heavy atom. The first-order valence-corrected chi connectivity index (χ1v) is 6.83. The highest BCUT2D eigenvalue weighted by molar-refractivity contribution is 6.31. The third-order valence-electron chi connectivity index (χ3n) is 3.05. The summed E-state index contributed by atoms with van der Waals surface area (Å²) in [5.74, 6) is -0.197. The summed E-state index contributed by atoms with van der Waals surface area (Å²) in [4.78, 5) is 22.4. The van der Waals surface area contributed by atoms with Gasteiger partial charge in [-0.25, -0.2) is 0 Å². The zero-order valence-electron chi connectivity index (χ0n) is 11.7. The van der Waals surface area contributed by atoms with E-state index >= 15 is 0 Å². The van der Waals surface area contributed by atoms with Crippen molar-refractivity contribution in [1.29, 1.82) is 0 Å². The molecule has 0 amide bonds. The van der Waals surface area contributed by atoms with Crippen molar-refractivity contribution < 1.29 is 9.72 Å². The Morgan fingerprint density at radius 1 is 1.23 bits per heavy atom. The Morgan fingerprint density at radius 2 is 1.95 bits per heavy atom. The van der Waals surface area contributed by atoms with Crippen LogP contribution in [0, 0.1) is 17.0 Å². The van der Waals surface area contributed by atoms with Gasteiger partial charge in [0.05, 0.1) is 11.1 Å². The van der Waals surface area contributed by atoms with E-state index < -0.39 is 4.92 Å². The van der Waals surface area contributed by atoms with E-state index in [0.29, 0.717) is 21.8 Å². The number of nitro groups is 1. The molecule has 0 radical (unpaired) electrons. The molecule has 0 heterocycles. The van der Waals surface area contributed by atoms with E-state index in [1.54, 1.807) is 30.3 Å². The van der Waals surface area contributed by atoms with Crippen LogP contribution in [0.3, 0.4) is 0 Å². The quantitative estimate of drug-likeness (QED) is 0.513. The summed E-state index contributed by atoms with van der Waals surface area (Å²) in [6, 6.07) is 12.0. The van der Waals surface area contributed by atoms with Gasteiger partial charge in [-0.05, 0) is 30.7 Å². The standard InChI is InChI=1S/C16H13ClN2O3/c1-11-4-2-3-5-13(11)16(20)14-10-12(17)6-7-15(14)18-8-9-19(21)22/h2-10,18H,1H3. The Labute approximate surface area is 132 Å².